The molecule has 2 atom stereocenters. The van der Waals surface area contributed by atoms with Gasteiger partial charge in [0.1, 0.15) is 0 Å². The van der Waals surface area contributed by atoms with Crippen LogP contribution in [0.4, 0.5) is 0 Å². The quantitative estimate of drug-likeness (QED) is 0.791. The number of halogens is 1. The Kier molecular flexibility index (Phi) is 4.91. The highest BCUT2D eigenvalue weighted by atomic mass is 35.5. The van der Waals surface area contributed by atoms with Gasteiger partial charge in [-0.1, -0.05) is 13.0 Å². The summed E-state index contributed by atoms with van der Waals surface area (Å²) in [4.78, 5) is 2.48. The van der Waals surface area contributed by atoms with Gasteiger partial charge in [0.2, 0.25) is 0 Å². The first-order valence-corrected chi connectivity index (χ1v) is 8.42. The largest absolute Gasteiger partial charge is 0.490 e. The molecule has 1 aromatic rings. The lowest BCUT2D eigenvalue weighted by Crippen LogP contribution is -2.36. The minimum absolute atomic E-state index is 0.00690. The van der Waals surface area contributed by atoms with Crippen LogP contribution in [0, 0.1) is 5.92 Å². The van der Waals surface area contributed by atoms with Crippen molar-refractivity contribution in [3.8, 4) is 11.5 Å². The van der Waals surface area contributed by atoms with Crippen molar-refractivity contribution < 1.29 is 9.47 Å². The molecule has 2 heterocycles. The normalized spacial score (nSPS) is 24.4. The SMILES string of the molecule is CC1CCCN(CC(Cl)c2ccc3c(c2)OCCCO3)C1. The topological polar surface area (TPSA) is 21.7 Å². The van der Waals surface area contributed by atoms with Crippen LogP contribution in [-0.4, -0.2) is 37.7 Å². The number of piperidine rings is 1. The van der Waals surface area contributed by atoms with Crippen LogP contribution in [0.15, 0.2) is 18.2 Å². The maximum atomic E-state index is 6.63. The van der Waals surface area contributed by atoms with Crippen LogP contribution in [0.1, 0.15) is 37.1 Å². The van der Waals surface area contributed by atoms with E-state index in [1.54, 1.807) is 0 Å². The number of ether oxygens (including phenoxy) is 2. The van der Waals surface area contributed by atoms with E-state index in [1.165, 1.54) is 12.8 Å². The van der Waals surface area contributed by atoms with E-state index in [2.05, 4.69) is 17.9 Å². The number of nitrogens with zero attached hydrogens (tertiary/aromatic N) is 1. The van der Waals surface area contributed by atoms with E-state index in [0.717, 1.165) is 55.6 Å². The minimum atomic E-state index is 0.00690. The van der Waals surface area contributed by atoms with Gasteiger partial charge in [-0.05, 0) is 43.0 Å². The summed E-state index contributed by atoms with van der Waals surface area (Å²) < 4.78 is 11.4. The van der Waals surface area contributed by atoms with Crippen molar-refractivity contribution in [3.05, 3.63) is 23.8 Å². The summed E-state index contributed by atoms with van der Waals surface area (Å²) in [6.45, 7) is 7.00. The molecule has 0 saturated carbocycles. The Morgan fingerprint density at radius 1 is 1.24 bits per heavy atom. The fourth-order valence-corrected chi connectivity index (χ4v) is 3.49. The van der Waals surface area contributed by atoms with Gasteiger partial charge in [-0.15, -0.1) is 11.6 Å². The van der Waals surface area contributed by atoms with E-state index in [-0.39, 0.29) is 5.38 Å². The second kappa shape index (κ2) is 6.89. The third-order valence-electron chi connectivity index (χ3n) is 4.29. The second-order valence-corrected chi connectivity index (χ2v) is 6.76. The average molecular weight is 310 g/mol. The summed E-state index contributed by atoms with van der Waals surface area (Å²) in [5.74, 6) is 2.46. The molecular formula is C17H24ClNO2. The van der Waals surface area contributed by atoms with Gasteiger partial charge in [-0.3, -0.25) is 0 Å². The predicted octanol–water partition coefficient (Wildman–Crippen LogP) is 3.86. The molecule has 0 spiro atoms. The highest BCUT2D eigenvalue weighted by Gasteiger charge is 2.21. The fourth-order valence-electron chi connectivity index (χ4n) is 3.16. The van der Waals surface area contributed by atoms with Gasteiger partial charge in [0, 0.05) is 19.5 Å². The van der Waals surface area contributed by atoms with Crippen molar-refractivity contribution in [1.29, 1.82) is 0 Å². The van der Waals surface area contributed by atoms with Crippen molar-refractivity contribution in [2.45, 2.75) is 31.6 Å². The summed E-state index contributed by atoms with van der Waals surface area (Å²) in [5.41, 5.74) is 1.12. The van der Waals surface area contributed by atoms with Gasteiger partial charge in [-0.2, -0.15) is 0 Å². The molecule has 0 radical (unpaired) electrons. The Balaban J connectivity index is 1.66. The van der Waals surface area contributed by atoms with E-state index >= 15 is 0 Å². The summed E-state index contributed by atoms with van der Waals surface area (Å²) in [6.07, 6.45) is 3.55. The number of benzene rings is 1. The molecule has 0 amide bonds. The predicted molar refractivity (Wildman–Crippen MR) is 85.5 cm³/mol. The molecule has 0 aliphatic carbocycles. The molecule has 0 bridgehead atoms. The highest BCUT2D eigenvalue weighted by molar-refractivity contribution is 6.21. The molecule has 2 aliphatic rings. The molecule has 4 heteroatoms. The number of fused-ring (bicyclic) bond motifs is 1. The van der Waals surface area contributed by atoms with E-state index in [0.29, 0.717) is 6.61 Å². The molecule has 1 saturated heterocycles. The lowest BCUT2D eigenvalue weighted by Gasteiger charge is -2.32. The summed E-state index contributed by atoms with van der Waals surface area (Å²) >= 11 is 6.63. The smallest absolute Gasteiger partial charge is 0.161 e. The van der Waals surface area contributed by atoms with Crippen LogP contribution >= 0.6 is 11.6 Å². The summed E-state index contributed by atoms with van der Waals surface area (Å²) in [6, 6.07) is 6.11. The average Bonchev–Trinajstić information content (AvgIpc) is 2.71. The Labute approximate surface area is 132 Å². The molecule has 1 aromatic carbocycles. The highest BCUT2D eigenvalue weighted by Crippen LogP contribution is 2.34. The van der Waals surface area contributed by atoms with Crippen molar-refractivity contribution in [3.63, 3.8) is 0 Å². The zero-order chi connectivity index (χ0) is 14.7. The molecule has 2 aliphatic heterocycles. The molecule has 0 aromatic heterocycles. The van der Waals surface area contributed by atoms with Crippen molar-refractivity contribution in [1.82, 2.24) is 4.90 Å². The Bertz CT molecular complexity index is 480. The molecule has 116 valence electrons. The van der Waals surface area contributed by atoms with Gasteiger partial charge in [-0.25, -0.2) is 0 Å². The first-order valence-electron chi connectivity index (χ1n) is 7.98. The Morgan fingerprint density at radius 2 is 2.05 bits per heavy atom. The molecule has 1 fully saturated rings. The standard InChI is InChI=1S/C17H24ClNO2/c1-13-4-2-7-19(11-13)12-15(18)14-5-6-16-17(10-14)21-9-3-8-20-16/h5-6,10,13,15H,2-4,7-9,11-12H2,1H3. The minimum Gasteiger partial charge on any atom is -0.490 e. The van der Waals surface area contributed by atoms with Gasteiger partial charge < -0.3 is 14.4 Å². The van der Waals surface area contributed by atoms with Crippen LogP contribution in [-0.2, 0) is 0 Å². The second-order valence-electron chi connectivity index (χ2n) is 6.23. The van der Waals surface area contributed by atoms with E-state index < -0.39 is 0 Å². The first kappa shape index (κ1) is 15.0. The Morgan fingerprint density at radius 3 is 2.86 bits per heavy atom. The molecule has 3 rings (SSSR count). The first-order chi connectivity index (χ1) is 10.2. The van der Waals surface area contributed by atoms with Crippen LogP contribution in [0.5, 0.6) is 11.5 Å². The number of hydrogen-bond acceptors (Lipinski definition) is 3. The molecule has 0 N–H and O–H groups in total. The van der Waals surface area contributed by atoms with E-state index in [1.807, 2.05) is 12.1 Å². The molecule has 21 heavy (non-hydrogen) atoms. The van der Waals surface area contributed by atoms with Crippen LogP contribution in [0.2, 0.25) is 0 Å². The molecule has 2 unspecified atom stereocenters. The number of alkyl halides is 1. The zero-order valence-electron chi connectivity index (χ0n) is 12.7. The van der Waals surface area contributed by atoms with Crippen LogP contribution < -0.4 is 9.47 Å². The Hall–Kier alpha value is -0.930. The van der Waals surface area contributed by atoms with Gasteiger partial charge >= 0.3 is 0 Å². The zero-order valence-corrected chi connectivity index (χ0v) is 13.4. The maximum absolute atomic E-state index is 6.63. The monoisotopic (exact) mass is 309 g/mol. The number of rotatable bonds is 3. The van der Waals surface area contributed by atoms with E-state index in [4.69, 9.17) is 21.1 Å². The number of likely N-dealkylation sites (tertiary alicyclic amines) is 1. The van der Waals surface area contributed by atoms with Gasteiger partial charge in [0.15, 0.2) is 11.5 Å². The summed E-state index contributed by atoms with van der Waals surface area (Å²) in [5, 5.41) is 0.00690. The van der Waals surface area contributed by atoms with Gasteiger partial charge in [0.25, 0.3) is 0 Å². The van der Waals surface area contributed by atoms with Crippen molar-refractivity contribution >= 4 is 11.6 Å². The molecular weight excluding hydrogens is 286 g/mol. The fraction of sp³-hybridized carbons (Fsp3) is 0.647. The van der Waals surface area contributed by atoms with E-state index in [9.17, 15) is 0 Å². The van der Waals surface area contributed by atoms with Gasteiger partial charge in [0.05, 0.1) is 18.6 Å². The lowest BCUT2D eigenvalue weighted by atomic mass is 9.99. The van der Waals surface area contributed by atoms with Crippen molar-refractivity contribution in [2.75, 3.05) is 32.8 Å². The van der Waals surface area contributed by atoms with Crippen LogP contribution in [0.25, 0.3) is 0 Å². The number of hydrogen-bond donors (Lipinski definition) is 0. The van der Waals surface area contributed by atoms with Crippen LogP contribution in [0.3, 0.4) is 0 Å². The third-order valence-corrected chi connectivity index (χ3v) is 4.68. The third kappa shape index (κ3) is 3.83. The maximum Gasteiger partial charge on any atom is 0.161 e. The lowest BCUT2D eigenvalue weighted by molar-refractivity contribution is 0.184. The van der Waals surface area contributed by atoms with Crippen molar-refractivity contribution in [2.24, 2.45) is 5.92 Å². The summed E-state index contributed by atoms with van der Waals surface area (Å²) in [7, 11) is 0. The molecule has 3 nitrogen and oxygen atoms in total.